The lowest BCUT2D eigenvalue weighted by Gasteiger charge is -2.12. The van der Waals surface area contributed by atoms with E-state index in [0.717, 1.165) is 6.07 Å². The number of hydrogen-bond acceptors (Lipinski definition) is 2. The molecule has 2 aromatic heterocycles. The number of carbonyl (C=O) groups is 1. The number of H-pyrrole nitrogens is 1. The molecule has 1 amide bonds. The highest BCUT2D eigenvalue weighted by Gasteiger charge is 2.19. The van der Waals surface area contributed by atoms with Gasteiger partial charge in [0.05, 0.1) is 16.7 Å². The lowest BCUT2D eigenvalue weighted by Crippen LogP contribution is -2.21. The van der Waals surface area contributed by atoms with E-state index in [0.29, 0.717) is 27.7 Å². The van der Waals surface area contributed by atoms with E-state index in [1.807, 2.05) is 0 Å². The number of hydrogen-bond donors (Lipinski definition) is 1. The van der Waals surface area contributed by atoms with Gasteiger partial charge in [-0.05, 0) is 30.3 Å². The van der Waals surface area contributed by atoms with E-state index < -0.39 is 17.5 Å². The molecule has 0 aliphatic rings. The summed E-state index contributed by atoms with van der Waals surface area (Å²) in [6, 6.07) is 9.53. The van der Waals surface area contributed by atoms with Gasteiger partial charge in [-0.2, -0.15) is 0 Å². The van der Waals surface area contributed by atoms with Crippen LogP contribution in [0.3, 0.4) is 0 Å². The quantitative estimate of drug-likeness (QED) is 0.529. The van der Waals surface area contributed by atoms with Gasteiger partial charge in [0.1, 0.15) is 0 Å². The molecule has 7 heteroatoms. The normalized spacial score (nSPS) is 11.3. The van der Waals surface area contributed by atoms with Crippen molar-refractivity contribution in [2.24, 2.45) is 0 Å². The zero-order chi connectivity index (χ0) is 19.3. The second-order valence-corrected chi connectivity index (χ2v) is 6.38. The van der Waals surface area contributed by atoms with Crippen LogP contribution < -0.4 is 0 Å². The van der Waals surface area contributed by atoms with E-state index in [9.17, 15) is 18.0 Å². The Kier molecular flexibility index (Phi) is 3.87. The van der Waals surface area contributed by atoms with Crippen molar-refractivity contribution in [3.8, 4) is 11.3 Å². The molecule has 2 aromatic carbocycles. The summed E-state index contributed by atoms with van der Waals surface area (Å²) < 4.78 is 41.1. The molecule has 0 atom stereocenters. The fourth-order valence-corrected chi connectivity index (χ4v) is 3.11. The highest BCUT2D eigenvalue weighted by Crippen LogP contribution is 2.32. The molecule has 136 valence electrons. The first-order chi connectivity index (χ1) is 12.9. The third-order valence-electron chi connectivity index (χ3n) is 4.46. The number of pyridine rings is 1. The fraction of sp³-hybridized carbons (Fsp3) is 0.100. The van der Waals surface area contributed by atoms with Crippen molar-refractivity contribution < 1.29 is 18.0 Å². The second-order valence-electron chi connectivity index (χ2n) is 6.38. The van der Waals surface area contributed by atoms with Crippen molar-refractivity contribution in [1.29, 1.82) is 0 Å². The van der Waals surface area contributed by atoms with E-state index >= 15 is 0 Å². The van der Waals surface area contributed by atoms with Crippen LogP contribution in [0.4, 0.5) is 13.2 Å². The van der Waals surface area contributed by atoms with Crippen molar-refractivity contribution >= 4 is 27.7 Å². The average molecular weight is 369 g/mol. The average Bonchev–Trinajstić information content (AvgIpc) is 3.08. The Labute approximate surface area is 152 Å². The third kappa shape index (κ3) is 2.63. The van der Waals surface area contributed by atoms with Crippen molar-refractivity contribution in [3.05, 3.63) is 65.6 Å². The minimum absolute atomic E-state index is 0.123. The summed E-state index contributed by atoms with van der Waals surface area (Å²) in [5.74, 6) is -4.20. The number of aromatic nitrogens is 2. The maximum Gasteiger partial charge on any atom is 0.254 e. The highest BCUT2D eigenvalue weighted by atomic mass is 19.2. The predicted octanol–water partition coefficient (Wildman–Crippen LogP) is 4.50. The number of nitrogens with one attached hydrogen (secondary N) is 1. The van der Waals surface area contributed by atoms with Gasteiger partial charge < -0.3 is 9.88 Å². The van der Waals surface area contributed by atoms with E-state index in [2.05, 4.69) is 9.97 Å². The number of fused-ring (bicyclic) bond motifs is 2. The number of carbonyl (C=O) groups excluding carboxylic acids is 1. The maximum atomic E-state index is 13.9. The van der Waals surface area contributed by atoms with Gasteiger partial charge in [0.25, 0.3) is 5.91 Å². The minimum atomic E-state index is -1.52. The molecule has 0 fully saturated rings. The Bertz CT molecular complexity index is 1210. The number of nitrogens with zero attached hydrogens (tertiary/aromatic N) is 2. The molecule has 0 spiro atoms. The first kappa shape index (κ1) is 17.1. The Hall–Kier alpha value is -3.35. The van der Waals surface area contributed by atoms with Crippen molar-refractivity contribution in [3.63, 3.8) is 0 Å². The lowest BCUT2D eigenvalue weighted by molar-refractivity contribution is 0.0829. The highest BCUT2D eigenvalue weighted by molar-refractivity contribution is 6.06. The van der Waals surface area contributed by atoms with Crippen molar-refractivity contribution in [2.45, 2.75) is 0 Å². The molecule has 0 saturated carbocycles. The number of halogens is 3. The number of benzene rings is 2. The van der Waals surface area contributed by atoms with Gasteiger partial charge in [-0.25, -0.2) is 18.2 Å². The third-order valence-corrected chi connectivity index (χ3v) is 4.46. The van der Waals surface area contributed by atoms with Crippen LogP contribution in [0.5, 0.6) is 0 Å². The van der Waals surface area contributed by atoms with Crippen molar-refractivity contribution in [1.82, 2.24) is 14.9 Å². The molecule has 27 heavy (non-hydrogen) atoms. The fourth-order valence-electron chi connectivity index (χ4n) is 3.11. The van der Waals surface area contributed by atoms with Gasteiger partial charge in [0, 0.05) is 42.2 Å². The Morgan fingerprint density at radius 2 is 1.81 bits per heavy atom. The Morgan fingerprint density at radius 1 is 1.04 bits per heavy atom. The number of amides is 1. The molecule has 0 aliphatic heterocycles. The zero-order valence-corrected chi connectivity index (χ0v) is 14.5. The summed E-state index contributed by atoms with van der Waals surface area (Å²) >= 11 is 0. The summed E-state index contributed by atoms with van der Waals surface area (Å²) in [6.45, 7) is 0. The number of rotatable bonds is 2. The first-order valence-electron chi connectivity index (χ1n) is 8.15. The summed E-state index contributed by atoms with van der Waals surface area (Å²) in [7, 11) is 3.33. The Morgan fingerprint density at radius 3 is 2.56 bits per heavy atom. The molecule has 0 saturated heterocycles. The summed E-state index contributed by atoms with van der Waals surface area (Å²) in [4.78, 5) is 21.0. The SMILES string of the molecule is CN(C)C(=O)c1cccc2nc(-c3c[nH]c4c(F)c(F)c(F)cc34)ccc12. The van der Waals surface area contributed by atoms with Crippen LogP contribution in [0.1, 0.15) is 10.4 Å². The molecular weight excluding hydrogens is 355 g/mol. The predicted molar refractivity (Wildman–Crippen MR) is 96.9 cm³/mol. The first-order valence-corrected chi connectivity index (χ1v) is 8.15. The lowest BCUT2D eigenvalue weighted by atomic mass is 10.0. The van der Waals surface area contributed by atoms with Crippen LogP contribution in [0.2, 0.25) is 0 Å². The van der Waals surface area contributed by atoms with E-state index in [1.165, 1.54) is 11.1 Å². The van der Waals surface area contributed by atoms with Gasteiger partial charge in [-0.15, -0.1) is 0 Å². The van der Waals surface area contributed by atoms with E-state index in [1.54, 1.807) is 44.4 Å². The number of aromatic amines is 1. The van der Waals surface area contributed by atoms with Gasteiger partial charge in [-0.3, -0.25) is 4.79 Å². The van der Waals surface area contributed by atoms with Gasteiger partial charge in [0.15, 0.2) is 17.5 Å². The van der Waals surface area contributed by atoms with Crippen LogP contribution in [0.25, 0.3) is 33.1 Å². The Balaban J connectivity index is 1.91. The van der Waals surface area contributed by atoms with E-state index in [4.69, 9.17) is 0 Å². The molecule has 0 aliphatic carbocycles. The maximum absolute atomic E-state index is 13.9. The smallest absolute Gasteiger partial charge is 0.254 e. The van der Waals surface area contributed by atoms with Crippen molar-refractivity contribution in [2.75, 3.05) is 14.1 Å². The molecule has 1 N–H and O–H groups in total. The standard InChI is InChI=1S/C20H14F3N3O/c1-26(2)20(27)11-4-3-5-15-10(11)6-7-16(25-15)13-9-24-19-12(13)8-14(21)17(22)18(19)23/h3-9,24H,1-2H3. The topological polar surface area (TPSA) is 49.0 Å². The summed E-state index contributed by atoms with van der Waals surface area (Å²) in [6.07, 6.45) is 1.45. The molecule has 0 radical (unpaired) electrons. The summed E-state index contributed by atoms with van der Waals surface area (Å²) in [5.41, 5.74) is 1.84. The van der Waals surface area contributed by atoms with Crippen LogP contribution >= 0.6 is 0 Å². The molecule has 4 aromatic rings. The van der Waals surface area contributed by atoms with Crippen LogP contribution in [-0.4, -0.2) is 34.9 Å². The van der Waals surface area contributed by atoms with E-state index in [-0.39, 0.29) is 16.8 Å². The van der Waals surface area contributed by atoms with Gasteiger partial charge >= 0.3 is 0 Å². The zero-order valence-electron chi connectivity index (χ0n) is 14.5. The molecule has 4 nitrogen and oxygen atoms in total. The monoisotopic (exact) mass is 369 g/mol. The summed E-state index contributed by atoms with van der Waals surface area (Å²) in [5, 5.41) is 0.863. The largest absolute Gasteiger partial charge is 0.358 e. The molecule has 0 bridgehead atoms. The van der Waals surface area contributed by atoms with Gasteiger partial charge in [0.2, 0.25) is 0 Å². The second kappa shape index (κ2) is 6.12. The molecular formula is C20H14F3N3O. The molecule has 0 unspecified atom stereocenters. The molecule has 2 heterocycles. The van der Waals surface area contributed by atoms with Gasteiger partial charge in [-0.1, -0.05) is 6.07 Å². The van der Waals surface area contributed by atoms with Crippen LogP contribution in [-0.2, 0) is 0 Å². The molecule has 4 rings (SSSR count). The van der Waals surface area contributed by atoms with Crippen LogP contribution in [0.15, 0.2) is 42.6 Å². The van der Waals surface area contributed by atoms with Crippen LogP contribution in [0, 0.1) is 17.5 Å². The minimum Gasteiger partial charge on any atom is -0.358 e.